The zero-order valence-electron chi connectivity index (χ0n) is 16.3. The molecule has 2 rings (SSSR count). The maximum atomic E-state index is 12.9. The van der Waals surface area contributed by atoms with Crippen LogP contribution >= 0.6 is 0 Å². The molecule has 1 aromatic carbocycles. The molecule has 28 heavy (non-hydrogen) atoms. The molecule has 0 amide bonds. The SMILES string of the molecule is COCCn1c(N)c(C(=O)CN(CC(C)C)c2cccc(O)c2)c(=O)[nH]c1=O. The molecule has 9 nitrogen and oxygen atoms in total. The predicted molar refractivity (Wildman–Crippen MR) is 107 cm³/mol. The van der Waals surface area contributed by atoms with Gasteiger partial charge in [-0.25, -0.2) is 4.79 Å². The molecule has 152 valence electrons. The number of aromatic hydroxyl groups is 1. The second kappa shape index (κ2) is 9.23. The van der Waals surface area contributed by atoms with Crippen molar-refractivity contribution in [2.45, 2.75) is 20.4 Å². The fourth-order valence-electron chi connectivity index (χ4n) is 2.91. The van der Waals surface area contributed by atoms with Crippen molar-refractivity contribution in [2.75, 3.05) is 37.4 Å². The molecule has 0 unspecified atom stereocenters. The molecule has 9 heteroatoms. The van der Waals surface area contributed by atoms with E-state index in [9.17, 15) is 19.5 Å². The number of H-pyrrole nitrogens is 1. The van der Waals surface area contributed by atoms with Crippen LogP contribution in [-0.2, 0) is 11.3 Å². The molecule has 0 fully saturated rings. The van der Waals surface area contributed by atoms with Crippen molar-refractivity contribution in [3.63, 3.8) is 0 Å². The number of nitrogen functional groups attached to an aromatic ring is 1. The molecule has 4 N–H and O–H groups in total. The smallest absolute Gasteiger partial charge is 0.330 e. The van der Waals surface area contributed by atoms with Crippen LogP contribution in [0.5, 0.6) is 5.75 Å². The molecule has 0 aliphatic rings. The molecule has 0 bridgehead atoms. The van der Waals surface area contributed by atoms with Crippen LogP contribution < -0.4 is 21.9 Å². The second-order valence-corrected chi connectivity index (χ2v) is 6.88. The Hall–Kier alpha value is -3.07. The number of anilines is 2. The number of benzene rings is 1. The summed E-state index contributed by atoms with van der Waals surface area (Å²) in [7, 11) is 1.47. The quantitative estimate of drug-likeness (QED) is 0.540. The van der Waals surface area contributed by atoms with Gasteiger partial charge in [0.25, 0.3) is 5.56 Å². The average molecular weight is 390 g/mol. The number of Topliss-reactive ketones (excluding diaryl/α,β-unsaturated/α-hetero) is 1. The van der Waals surface area contributed by atoms with Crippen LogP contribution in [0, 0.1) is 5.92 Å². The van der Waals surface area contributed by atoms with Crippen LogP contribution in [0.3, 0.4) is 0 Å². The number of phenolic OH excluding ortho intramolecular Hbond substituents is 1. The highest BCUT2D eigenvalue weighted by Crippen LogP contribution is 2.21. The topological polar surface area (TPSA) is 131 Å². The summed E-state index contributed by atoms with van der Waals surface area (Å²) in [6, 6.07) is 6.52. The molecule has 1 heterocycles. The fourth-order valence-corrected chi connectivity index (χ4v) is 2.91. The largest absolute Gasteiger partial charge is 0.508 e. The zero-order chi connectivity index (χ0) is 20.8. The van der Waals surface area contributed by atoms with Crippen LogP contribution in [0.4, 0.5) is 11.5 Å². The number of aromatic amines is 1. The molecule has 0 saturated heterocycles. The predicted octanol–water partition coefficient (Wildman–Crippen LogP) is 0.816. The molecule has 1 aromatic heterocycles. The Balaban J connectivity index is 2.40. The Kier molecular flexibility index (Phi) is 7.00. The minimum Gasteiger partial charge on any atom is -0.508 e. The van der Waals surface area contributed by atoms with Crippen molar-refractivity contribution >= 4 is 17.3 Å². The van der Waals surface area contributed by atoms with Crippen LogP contribution in [0.2, 0.25) is 0 Å². The summed E-state index contributed by atoms with van der Waals surface area (Å²) in [5.41, 5.74) is 4.85. The van der Waals surface area contributed by atoms with E-state index in [0.29, 0.717) is 12.2 Å². The van der Waals surface area contributed by atoms with Crippen molar-refractivity contribution in [2.24, 2.45) is 5.92 Å². The summed E-state index contributed by atoms with van der Waals surface area (Å²) in [6.07, 6.45) is 0. The van der Waals surface area contributed by atoms with Crippen molar-refractivity contribution in [1.82, 2.24) is 9.55 Å². The Morgan fingerprint density at radius 2 is 2.07 bits per heavy atom. The van der Waals surface area contributed by atoms with Gasteiger partial charge < -0.3 is 20.5 Å². The monoisotopic (exact) mass is 390 g/mol. The van der Waals surface area contributed by atoms with Crippen LogP contribution in [-0.4, -0.2) is 47.2 Å². The molecule has 0 aliphatic heterocycles. The Bertz CT molecular complexity index is 948. The van der Waals surface area contributed by atoms with E-state index < -0.39 is 17.0 Å². The highest BCUT2D eigenvalue weighted by Gasteiger charge is 2.22. The summed E-state index contributed by atoms with van der Waals surface area (Å²) in [5.74, 6) is -0.407. The molecular weight excluding hydrogens is 364 g/mol. The zero-order valence-corrected chi connectivity index (χ0v) is 16.3. The molecule has 0 saturated carbocycles. The van der Waals surface area contributed by atoms with Crippen LogP contribution in [0.1, 0.15) is 24.2 Å². The third-order valence-corrected chi connectivity index (χ3v) is 4.15. The minimum absolute atomic E-state index is 0.0733. The fraction of sp³-hybridized carbons (Fsp3) is 0.421. The number of ether oxygens (including phenoxy) is 1. The van der Waals surface area contributed by atoms with E-state index in [2.05, 4.69) is 4.98 Å². The standard InChI is InChI=1S/C19H26N4O5/c1-12(2)10-22(13-5-4-6-14(24)9-13)11-15(25)16-17(20)23(7-8-28-3)19(27)21-18(16)26/h4-6,9,12,24H,7-8,10-11,20H2,1-3H3,(H,21,26,27). The number of hydrogen-bond donors (Lipinski definition) is 3. The number of nitrogens with zero attached hydrogens (tertiary/aromatic N) is 2. The number of carbonyl (C=O) groups is 1. The second-order valence-electron chi connectivity index (χ2n) is 6.88. The Morgan fingerprint density at radius 3 is 2.68 bits per heavy atom. The van der Waals surface area contributed by atoms with E-state index in [1.807, 2.05) is 13.8 Å². The van der Waals surface area contributed by atoms with Gasteiger partial charge in [-0.05, 0) is 18.1 Å². The van der Waals surface area contributed by atoms with E-state index in [0.717, 1.165) is 4.57 Å². The van der Waals surface area contributed by atoms with Gasteiger partial charge in [0.1, 0.15) is 17.1 Å². The third-order valence-electron chi connectivity index (χ3n) is 4.15. The number of nitrogens with two attached hydrogens (primary N) is 1. The number of rotatable bonds is 9. The first-order chi connectivity index (χ1) is 13.2. The molecule has 2 aromatic rings. The van der Waals surface area contributed by atoms with Gasteiger partial charge >= 0.3 is 5.69 Å². The van der Waals surface area contributed by atoms with Gasteiger partial charge in [0.05, 0.1) is 19.7 Å². The van der Waals surface area contributed by atoms with Crippen LogP contribution in [0.15, 0.2) is 33.9 Å². The van der Waals surface area contributed by atoms with Crippen molar-refractivity contribution < 1.29 is 14.6 Å². The van der Waals surface area contributed by atoms with Crippen LogP contribution in [0.25, 0.3) is 0 Å². The first-order valence-electron chi connectivity index (χ1n) is 8.93. The number of carbonyl (C=O) groups excluding carboxylic acids is 1. The summed E-state index contributed by atoms with van der Waals surface area (Å²) in [4.78, 5) is 41.1. The Labute approximate surface area is 162 Å². The number of methoxy groups -OCH3 is 1. The highest BCUT2D eigenvalue weighted by molar-refractivity contribution is 6.02. The average Bonchev–Trinajstić information content (AvgIpc) is 2.60. The van der Waals surface area contributed by atoms with Gasteiger partial charge in [0, 0.05) is 25.4 Å². The number of hydrogen-bond acceptors (Lipinski definition) is 7. The van der Waals surface area contributed by atoms with Gasteiger partial charge in [-0.15, -0.1) is 0 Å². The number of phenols is 1. The van der Waals surface area contributed by atoms with Gasteiger partial charge in [-0.2, -0.15) is 0 Å². The maximum Gasteiger partial charge on any atom is 0.330 e. The Morgan fingerprint density at radius 1 is 1.36 bits per heavy atom. The number of ketones is 1. The minimum atomic E-state index is -0.818. The maximum absolute atomic E-state index is 12.9. The number of aromatic nitrogens is 2. The molecule has 0 atom stereocenters. The van der Waals surface area contributed by atoms with Crippen molar-refractivity contribution in [3.8, 4) is 5.75 Å². The van der Waals surface area contributed by atoms with Gasteiger partial charge in [-0.1, -0.05) is 19.9 Å². The molecule has 0 spiro atoms. The first-order valence-corrected chi connectivity index (χ1v) is 8.93. The van der Waals surface area contributed by atoms with E-state index in [1.165, 1.54) is 13.2 Å². The van der Waals surface area contributed by atoms with Gasteiger partial charge in [0.2, 0.25) is 0 Å². The lowest BCUT2D eigenvalue weighted by atomic mass is 10.1. The summed E-state index contributed by atoms with van der Waals surface area (Å²) < 4.78 is 6.05. The molecule has 0 radical (unpaired) electrons. The summed E-state index contributed by atoms with van der Waals surface area (Å²) >= 11 is 0. The van der Waals surface area contributed by atoms with E-state index in [1.54, 1.807) is 23.1 Å². The van der Waals surface area contributed by atoms with Crippen molar-refractivity contribution in [1.29, 1.82) is 0 Å². The lowest BCUT2D eigenvalue weighted by Gasteiger charge is -2.26. The third kappa shape index (κ3) is 5.01. The molecular formula is C19H26N4O5. The first kappa shape index (κ1) is 21.2. The van der Waals surface area contributed by atoms with E-state index >= 15 is 0 Å². The lowest BCUT2D eigenvalue weighted by Crippen LogP contribution is -2.40. The van der Waals surface area contributed by atoms with E-state index in [4.69, 9.17) is 10.5 Å². The van der Waals surface area contributed by atoms with Gasteiger partial charge in [0.15, 0.2) is 5.78 Å². The lowest BCUT2D eigenvalue weighted by molar-refractivity contribution is 0.0996. The molecule has 0 aliphatic carbocycles. The summed E-state index contributed by atoms with van der Waals surface area (Å²) in [6.45, 7) is 4.69. The highest BCUT2D eigenvalue weighted by atomic mass is 16.5. The number of nitrogens with one attached hydrogen (secondary N) is 1. The van der Waals surface area contributed by atoms with Gasteiger partial charge in [-0.3, -0.25) is 19.1 Å². The normalized spacial score (nSPS) is 11.0. The van der Waals surface area contributed by atoms with Crippen molar-refractivity contribution in [3.05, 3.63) is 50.7 Å². The summed E-state index contributed by atoms with van der Waals surface area (Å²) in [5, 5.41) is 9.75. The van der Waals surface area contributed by atoms with E-state index in [-0.39, 0.29) is 42.7 Å².